The molecule has 0 radical (unpaired) electrons. The summed E-state index contributed by atoms with van der Waals surface area (Å²) in [5.41, 5.74) is 6.49. The van der Waals surface area contributed by atoms with Gasteiger partial charge in [-0.3, -0.25) is 9.59 Å². The molecule has 4 rings (SSSR count). The van der Waals surface area contributed by atoms with E-state index in [9.17, 15) is 14.7 Å². The summed E-state index contributed by atoms with van der Waals surface area (Å²) >= 11 is 6.05. The van der Waals surface area contributed by atoms with Gasteiger partial charge in [-0.15, -0.1) is 5.48 Å². The summed E-state index contributed by atoms with van der Waals surface area (Å²) in [6.07, 6.45) is 6.47. The number of anilines is 1. The SMILES string of the molecule is Cc1cc(Cl)ccc1NC(=O)C[C@@H](CCC(=O)O)C1NOC([C@H]2C[C@H](CC(C)(C)C)C2)=C1C1CC1. The third-order valence-corrected chi connectivity index (χ3v) is 7.79. The Hall–Kier alpha value is -2.05. The number of hydroxylamine groups is 1. The van der Waals surface area contributed by atoms with Crippen molar-refractivity contribution in [3.05, 3.63) is 40.1 Å². The van der Waals surface area contributed by atoms with Crippen molar-refractivity contribution in [2.45, 2.75) is 85.1 Å². The highest BCUT2D eigenvalue weighted by molar-refractivity contribution is 6.30. The first-order valence-electron chi connectivity index (χ1n) is 12.9. The van der Waals surface area contributed by atoms with Gasteiger partial charge in [-0.1, -0.05) is 32.4 Å². The van der Waals surface area contributed by atoms with Gasteiger partial charge < -0.3 is 15.3 Å². The lowest BCUT2D eigenvalue weighted by atomic mass is 9.66. The van der Waals surface area contributed by atoms with Crippen LogP contribution in [0.4, 0.5) is 5.69 Å². The third kappa shape index (κ3) is 6.79. The van der Waals surface area contributed by atoms with E-state index in [1.165, 1.54) is 12.0 Å². The molecular weight excluding hydrogens is 464 g/mol. The van der Waals surface area contributed by atoms with Gasteiger partial charge >= 0.3 is 5.97 Å². The molecule has 2 atom stereocenters. The Balaban J connectivity index is 1.47. The molecule has 2 aliphatic carbocycles. The van der Waals surface area contributed by atoms with Crippen molar-refractivity contribution in [2.24, 2.45) is 29.1 Å². The summed E-state index contributed by atoms with van der Waals surface area (Å²) in [5, 5.41) is 13.0. The number of hydrogen-bond acceptors (Lipinski definition) is 4. The Kier molecular flexibility index (Phi) is 7.82. The van der Waals surface area contributed by atoms with Crippen molar-refractivity contribution in [1.82, 2.24) is 5.48 Å². The molecule has 1 aromatic rings. The van der Waals surface area contributed by atoms with Gasteiger partial charge in [-0.2, -0.15) is 0 Å². The standard InChI is InChI=1S/C28H39ClN2O4/c1-16-11-21(29)8-9-22(16)30-23(32)14-19(7-10-24(33)34)26-25(18-5-6-18)27(35-31-26)20-12-17(13-20)15-28(2,3)4/h8-9,11,17-20,26,31H,5-7,10,12-15H2,1-4H3,(H,30,32)(H,33,34)/t17-,19-,20-,26?/m1/s1. The molecular formula is C28H39ClN2O4. The van der Waals surface area contributed by atoms with E-state index >= 15 is 0 Å². The average Bonchev–Trinajstić information content (AvgIpc) is 3.47. The number of carboxylic acids is 1. The highest BCUT2D eigenvalue weighted by Gasteiger charge is 2.47. The van der Waals surface area contributed by atoms with E-state index in [4.69, 9.17) is 16.4 Å². The van der Waals surface area contributed by atoms with Gasteiger partial charge in [-0.05, 0) is 98.0 Å². The van der Waals surface area contributed by atoms with Crippen molar-refractivity contribution in [3.8, 4) is 0 Å². The summed E-state index contributed by atoms with van der Waals surface area (Å²) in [6.45, 7) is 8.79. The Morgan fingerprint density at radius 2 is 1.94 bits per heavy atom. The number of carboxylic acid groups (broad SMARTS) is 1. The number of benzene rings is 1. The zero-order chi connectivity index (χ0) is 25.3. The zero-order valence-corrected chi connectivity index (χ0v) is 22.1. The Labute approximate surface area is 213 Å². The molecule has 3 aliphatic rings. The van der Waals surface area contributed by atoms with E-state index in [2.05, 4.69) is 31.6 Å². The van der Waals surface area contributed by atoms with E-state index in [1.54, 1.807) is 12.1 Å². The number of nitrogens with one attached hydrogen (secondary N) is 2. The minimum Gasteiger partial charge on any atom is -0.481 e. The van der Waals surface area contributed by atoms with E-state index < -0.39 is 5.97 Å². The molecule has 35 heavy (non-hydrogen) atoms. The maximum atomic E-state index is 13.0. The van der Waals surface area contributed by atoms with E-state index in [0.717, 1.165) is 48.6 Å². The number of halogens is 1. The summed E-state index contributed by atoms with van der Waals surface area (Å²) in [6, 6.07) is 5.26. The fourth-order valence-corrected chi connectivity index (χ4v) is 6.03. The highest BCUT2D eigenvalue weighted by atomic mass is 35.5. The van der Waals surface area contributed by atoms with Gasteiger partial charge in [0, 0.05) is 29.5 Å². The van der Waals surface area contributed by atoms with Crippen LogP contribution in [-0.2, 0) is 14.4 Å². The van der Waals surface area contributed by atoms with Crippen LogP contribution in [0, 0.1) is 36.0 Å². The monoisotopic (exact) mass is 502 g/mol. The number of aryl methyl sites for hydroxylation is 1. The minimum absolute atomic E-state index is 0.0282. The largest absolute Gasteiger partial charge is 0.481 e. The normalized spacial score (nSPS) is 25.1. The molecule has 3 N–H and O–H groups in total. The molecule has 1 aliphatic heterocycles. The fraction of sp³-hybridized carbons (Fsp3) is 0.643. The van der Waals surface area contributed by atoms with Crippen LogP contribution in [-0.4, -0.2) is 23.0 Å². The fourth-order valence-electron chi connectivity index (χ4n) is 5.81. The number of rotatable bonds is 10. The minimum atomic E-state index is -0.843. The van der Waals surface area contributed by atoms with Crippen LogP contribution >= 0.6 is 11.6 Å². The third-order valence-electron chi connectivity index (χ3n) is 7.55. The molecule has 1 amide bonds. The molecule has 1 aromatic carbocycles. The first-order chi connectivity index (χ1) is 16.5. The summed E-state index contributed by atoms with van der Waals surface area (Å²) in [4.78, 5) is 30.6. The van der Waals surface area contributed by atoms with Gasteiger partial charge in [-0.25, -0.2) is 0 Å². The van der Waals surface area contributed by atoms with Crippen molar-refractivity contribution in [2.75, 3.05) is 5.32 Å². The Bertz CT molecular complexity index is 989. The van der Waals surface area contributed by atoms with Gasteiger partial charge in [0.15, 0.2) is 0 Å². The smallest absolute Gasteiger partial charge is 0.303 e. The highest BCUT2D eigenvalue weighted by Crippen LogP contribution is 2.52. The number of aliphatic carboxylic acids is 1. The topological polar surface area (TPSA) is 87.7 Å². The second-order valence-corrected chi connectivity index (χ2v) is 12.4. The van der Waals surface area contributed by atoms with Crippen LogP contribution in [0.3, 0.4) is 0 Å². The molecule has 2 fully saturated rings. The van der Waals surface area contributed by atoms with Gasteiger partial charge in [0.2, 0.25) is 5.91 Å². The van der Waals surface area contributed by atoms with Crippen molar-refractivity contribution in [3.63, 3.8) is 0 Å². The van der Waals surface area contributed by atoms with Crippen LogP contribution in [0.1, 0.15) is 77.7 Å². The molecule has 2 saturated carbocycles. The Morgan fingerprint density at radius 1 is 1.23 bits per heavy atom. The molecule has 1 unspecified atom stereocenters. The second-order valence-electron chi connectivity index (χ2n) is 12.0. The summed E-state index contributed by atoms with van der Waals surface area (Å²) in [5.74, 6) is 1.61. The molecule has 0 aromatic heterocycles. The van der Waals surface area contributed by atoms with Crippen LogP contribution in [0.5, 0.6) is 0 Å². The number of hydrogen-bond donors (Lipinski definition) is 3. The summed E-state index contributed by atoms with van der Waals surface area (Å²) in [7, 11) is 0. The maximum Gasteiger partial charge on any atom is 0.303 e. The summed E-state index contributed by atoms with van der Waals surface area (Å²) < 4.78 is 0. The van der Waals surface area contributed by atoms with Gasteiger partial charge in [0.25, 0.3) is 0 Å². The molecule has 6 nitrogen and oxygen atoms in total. The van der Waals surface area contributed by atoms with E-state index in [0.29, 0.717) is 28.7 Å². The molecule has 0 bridgehead atoms. The predicted molar refractivity (Wildman–Crippen MR) is 138 cm³/mol. The zero-order valence-electron chi connectivity index (χ0n) is 21.3. The number of carbonyl (C=O) groups is 2. The number of allylic oxidation sites excluding steroid dienone is 1. The molecule has 0 saturated heterocycles. The quantitative estimate of drug-likeness (QED) is 0.340. The molecule has 192 valence electrons. The van der Waals surface area contributed by atoms with Crippen LogP contribution in [0.2, 0.25) is 5.02 Å². The van der Waals surface area contributed by atoms with Crippen LogP contribution < -0.4 is 10.8 Å². The van der Waals surface area contributed by atoms with E-state index in [1.807, 2.05) is 13.0 Å². The van der Waals surface area contributed by atoms with Gasteiger partial charge in [0.1, 0.15) is 5.76 Å². The van der Waals surface area contributed by atoms with Crippen molar-refractivity contribution >= 4 is 29.2 Å². The molecule has 0 spiro atoms. The number of amides is 1. The Morgan fingerprint density at radius 3 is 2.54 bits per heavy atom. The second kappa shape index (κ2) is 10.5. The first-order valence-corrected chi connectivity index (χ1v) is 13.3. The van der Waals surface area contributed by atoms with E-state index in [-0.39, 0.29) is 30.7 Å². The lowest BCUT2D eigenvalue weighted by Crippen LogP contribution is -2.36. The van der Waals surface area contributed by atoms with Gasteiger partial charge in [0.05, 0.1) is 6.04 Å². The lowest BCUT2D eigenvalue weighted by Gasteiger charge is -2.39. The maximum absolute atomic E-state index is 13.0. The van der Waals surface area contributed by atoms with Crippen molar-refractivity contribution < 1.29 is 19.5 Å². The molecule has 7 heteroatoms. The molecule has 1 heterocycles. The average molecular weight is 503 g/mol. The first kappa shape index (κ1) is 26.0. The number of carbonyl (C=O) groups excluding carboxylic acids is 1. The van der Waals surface area contributed by atoms with Crippen LogP contribution in [0.25, 0.3) is 0 Å². The lowest BCUT2D eigenvalue weighted by molar-refractivity contribution is -0.137. The van der Waals surface area contributed by atoms with Crippen LogP contribution in [0.15, 0.2) is 29.5 Å². The van der Waals surface area contributed by atoms with Crippen molar-refractivity contribution in [1.29, 1.82) is 0 Å². The predicted octanol–water partition coefficient (Wildman–Crippen LogP) is 6.49.